The number of nitrogens with one attached hydrogen (secondary N) is 1. The van der Waals surface area contributed by atoms with Gasteiger partial charge in [-0.3, -0.25) is 4.99 Å². The molecule has 0 amide bonds. The zero-order chi connectivity index (χ0) is 20.0. The SMILES string of the molecule is N#CCC1(N=CC(=CN)c2ncnc3[nH]ccc23)CCN(C(N)=NC#N)CC1. The van der Waals surface area contributed by atoms with E-state index < -0.39 is 5.54 Å². The van der Waals surface area contributed by atoms with Crippen LogP contribution < -0.4 is 11.5 Å². The molecule has 2 aromatic rings. The first kappa shape index (κ1) is 18.9. The predicted molar refractivity (Wildman–Crippen MR) is 106 cm³/mol. The van der Waals surface area contributed by atoms with Crippen LogP contribution in [0.1, 0.15) is 25.0 Å². The van der Waals surface area contributed by atoms with Crippen molar-refractivity contribution in [2.45, 2.75) is 24.8 Å². The highest BCUT2D eigenvalue weighted by Gasteiger charge is 2.34. The Bertz CT molecular complexity index is 1010. The lowest BCUT2D eigenvalue weighted by atomic mass is 9.85. The Hall–Kier alpha value is -3.92. The van der Waals surface area contributed by atoms with Gasteiger partial charge in [-0.05, 0) is 18.9 Å². The Morgan fingerprint density at radius 1 is 1.36 bits per heavy atom. The smallest absolute Gasteiger partial charge is 0.209 e. The average molecular weight is 376 g/mol. The molecule has 2 aromatic heterocycles. The van der Waals surface area contributed by atoms with Gasteiger partial charge in [-0.2, -0.15) is 10.5 Å². The van der Waals surface area contributed by atoms with Crippen molar-refractivity contribution in [1.29, 1.82) is 10.5 Å². The number of guanidine groups is 1. The zero-order valence-corrected chi connectivity index (χ0v) is 15.2. The molecule has 5 N–H and O–H groups in total. The first-order valence-corrected chi connectivity index (χ1v) is 8.72. The fraction of sp³-hybridized carbons (Fsp3) is 0.333. The van der Waals surface area contributed by atoms with Crippen molar-refractivity contribution < 1.29 is 0 Å². The van der Waals surface area contributed by atoms with Crippen LogP contribution in [-0.2, 0) is 0 Å². The molecule has 1 aliphatic rings. The van der Waals surface area contributed by atoms with Gasteiger partial charge in [-0.15, -0.1) is 4.99 Å². The monoisotopic (exact) mass is 376 g/mol. The molecule has 0 unspecified atom stereocenters. The topological polar surface area (TPSA) is 169 Å². The number of H-pyrrole nitrogens is 1. The van der Waals surface area contributed by atoms with E-state index in [2.05, 4.69) is 26.0 Å². The van der Waals surface area contributed by atoms with Gasteiger partial charge >= 0.3 is 0 Å². The summed E-state index contributed by atoms with van der Waals surface area (Å²) in [6.45, 7) is 1.13. The van der Waals surface area contributed by atoms with Crippen molar-refractivity contribution in [2.75, 3.05) is 13.1 Å². The van der Waals surface area contributed by atoms with Gasteiger partial charge in [0.05, 0.1) is 23.7 Å². The molecule has 0 bridgehead atoms. The third kappa shape index (κ3) is 3.76. The molecule has 10 heteroatoms. The van der Waals surface area contributed by atoms with Crippen LogP contribution in [0.2, 0.25) is 0 Å². The summed E-state index contributed by atoms with van der Waals surface area (Å²) < 4.78 is 0. The summed E-state index contributed by atoms with van der Waals surface area (Å²) in [5.41, 5.74) is 13.1. The number of hydrogen-bond acceptors (Lipinski definition) is 7. The number of likely N-dealkylation sites (tertiary alicyclic amines) is 1. The van der Waals surface area contributed by atoms with Crippen LogP contribution in [0, 0.1) is 22.8 Å². The zero-order valence-electron chi connectivity index (χ0n) is 15.2. The van der Waals surface area contributed by atoms with Crippen molar-refractivity contribution in [2.24, 2.45) is 21.5 Å². The van der Waals surface area contributed by atoms with E-state index in [0.29, 0.717) is 42.8 Å². The summed E-state index contributed by atoms with van der Waals surface area (Å²) in [7, 11) is 0. The molecule has 0 atom stereocenters. The molecule has 0 aromatic carbocycles. The van der Waals surface area contributed by atoms with Crippen LogP contribution in [0.3, 0.4) is 0 Å². The Morgan fingerprint density at radius 2 is 2.14 bits per heavy atom. The molecule has 142 valence electrons. The van der Waals surface area contributed by atoms with Crippen LogP contribution in [0.5, 0.6) is 0 Å². The maximum Gasteiger partial charge on any atom is 0.209 e. The lowest BCUT2D eigenvalue weighted by Gasteiger charge is -2.38. The fourth-order valence-electron chi connectivity index (χ4n) is 3.26. The Labute approximate surface area is 161 Å². The minimum absolute atomic E-state index is 0.190. The van der Waals surface area contributed by atoms with Gasteiger partial charge in [0.15, 0.2) is 0 Å². The van der Waals surface area contributed by atoms with Crippen LogP contribution >= 0.6 is 0 Å². The Balaban J connectivity index is 1.83. The van der Waals surface area contributed by atoms with E-state index in [1.807, 2.05) is 11.0 Å². The van der Waals surface area contributed by atoms with Crippen molar-refractivity contribution in [3.05, 3.63) is 30.5 Å². The van der Waals surface area contributed by atoms with E-state index in [4.69, 9.17) is 21.7 Å². The highest BCUT2D eigenvalue weighted by Crippen LogP contribution is 2.30. The number of fused-ring (bicyclic) bond motifs is 1. The number of aliphatic imine (C=N–C) groups is 2. The summed E-state index contributed by atoms with van der Waals surface area (Å²) in [5, 5.41) is 18.8. The second-order valence-corrected chi connectivity index (χ2v) is 6.46. The number of rotatable bonds is 4. The average Bonchev–Trinajstić information content (AvgIpc) is 3.19. The van der Waals surface area contributed by atoms with Crippen LogP contribution in [0.4, 0.5) is 0 Å². The van der Waals surface area contributed by atoms with E-state index in [1.165, 1.54) is 12.5 Å². The van der Waals surface area contributed by atoms with Gasteiger partial charge in [-0.25, -0.2) is 9.97 Å². The van der Waals surface area contributed by atoms with Crippen molar-refractivity contribution in [3.8, 4) is 12.3 Å². The maximum atomic E-state index is 9.30. The number of hydrogen-bond donors (Lipinski definition) is 3. The number of nitriles is 2. The second-order valence-electron chi connectivity index (χ2n) is 6.46. The normalized spacial score (nSPS) is 17.6. The summed E-state index contributed by atoms with van der Waals surface area (Å²) in [6.07, 6.45) is 9.56. The molecule has 28 heavy (non-hydrogen) atoms. The van der Waals surface area contributed by atoms with Crippen LogP contribution in [0.15, 0.2) is 34.8 Å². The van der Waals surface area contributed by atoms with Gasteiger partial charge < -0.3 is 21.4 Å². The molecule has 10 nitrogen and oxygen atoms in total. The third-order valence-electron chi connectivity index (χ3n) is 4.88. The van der Waals surface area contributed by atoms with E-state index in [0.717, 1.165) is 5.39 Å². The van der Waals surface area contributed by atoms with Gasteiger partial charge in [0.2, 0.25) is 12.2 Å². The summed E-state index contributed by atoms with van der Waals surface area (Å²) in [5.74, 6) is 0.190. The molecule has 1 aliphatic heterocycles. The van der Waals surface area contributed by atoms with Gasteiger partial charge in [0.1, 0.15) is 12.0 Å². The molecule has 0 radical (unpaired) electrons. The molecule has 0 spiro atoms. The first-order valence-electron chi connectivity index (χ1n) is 8.72. The van der Waals surface area contributed by atoms with Crippen molar-refractivity contribution >= 4 is 28.8 Å². The van der Waals surface area contributed by atoms with Crippen LogP contribution in [0.25, 0.3) is 16.6 Å². The summed E-state index contributed by atoms with van der Waals surface area (Å²) in [4.78, 5) is 21.7. The third-order valence-corrected chi connectivity index (χ3v) is 4.88. The molecule has 3 rings (SSSR count). The number of piperidine rings is 1. The number of nitrogens with two attached hydrogens (primary N) is 2. The quantitative estimate of drug-likeness (QED) is 0.404. The van der Waals surface area contributed by atoms with Crippen LogP contribution in [-0.4, -0.2) is 50.7 Å². The molecule has 1 fully saturated rings. The lowest BCUT2D eigenvalue weighted by molar-refractivity contribution is 0.233. The molecule has 0 aliphatic carbocycles. The fourth-order valence-corrected chi connectivity index (χ4v) is 3.26. The maximum absolute atomic E-state index is 9.30. The highest BCUT2D eigenvalue weighted by atomic mass is 15.3. The molecule has 3 heterocycles. The van der Waals surface area contributed by atoms with E-state index in [9.17, 15) is 5.26 Å². The minimum Gasteiger partial charge on any atom is -0.404 e. The van der Waals surface area contributed by atoms with Gasteiger partial charge in [0.25, 0.3) is 0 Å². The minimum atomic E-state index is -0.545. The number of aromatic amines is 1. The van der Waals surface area contributed by atoms with Gasteiger partial charge in [-0.1, -0.05) is 0 Å². The summed E-state index contributed by atoms with van der Waals surface area (Å²) in [6, 6.07) is 4.10. The standard InChI is InChI=1S/C18H20N10/c19-5-2-18(3-7-28(8-4-18)17(22)24-11-21)27-10-13(9-20)15-14-1-6-23-16(14)26-12-25-15/h1,6,9-10,12H,2-4,7-8,20H2,(H2,22,24)(H,23,25,26). The first-order chi connectivity index (χ1) is 13.6. The number of allylic oxidation sites excluding steroid dienone is 1. The van der Waals surface area contributed by atoms with Crippen molar-refractivity contribution in [3.63, 3.8) is 0 Å². The van der Waals surface area contributed by atoms with E-state index in [1.54, 1.807) is 18.6 Å². The summed E-state index contributed by atoms with van der Waals surface area (Å²) >= 11 is 0. The van der Waals surface area contributed by atoms with E-state index in [-0.39, 0.29) is 12.4 Å². The molecular weight excluding hydrogens is 356 g/mol. The molecule has 1 saturated heterocycles. The largest absolute Gasteiger partial charge is 0.404 e. The Kier molecular flexibility index (Phi) is 5.51. The van der Waals surface area contributed by atoms with Gasteiger partial charge in [0, 0.05) is 42.7 Å². The predicted octanol–water partition coefficient (Wildman–Crippen LogP) is 0.872. The lowest BCUT2D eigenvalue weighted by Crippen LogP contribution is -2.48. The Morgan fingerprint density at radius 3 is 2.82 bits per heavy atom. The highest BCUT2D eigenvalue weighted by molar-refractivity contribution is 6.13. The molecular formula is C18H20N10. The second kappa shape index (κ2) is 8.18. The molecule has 0 saturated carbocycles. The van der Waals surface area contributed by atoms with Crippen molar-refractivity contribution in [1.82, 2.24) is 19.9 Å². The van der Waals surface area contributed by atoms with E-state index >= 15 is 0 Å². The number of nitrogens with zero attached hydrogens (tertiary/aromatic N) is 7. The number of aromatic nitrogens is 3.